The van der Waals surface area contributed by atoms with Gasteiger partial charge in [-0.05, 0) is 57.1 Å². The summed E-state index contributed by atoms with van der Waals surface area (Å²) in [5, 5.41) is 15.1. The summed E-state index contributed by atoms with van der Waals surface area (Å²) in [6, 6.07) is 9.14. The highest BCUT2D eigenvalue weighted by Crippen LogP contribution is 2.34. The zero-order valence-corrected chi connectivity index (χ0v) is 17.4. The third-order valence-corrected chi connectivity index (χ3v) is 5.40. The fraction of sp³-hybridized carbons (Fsp3) is 0.409. The van der Waals surface area contributed by atoms with Crippen molar-refractivity contribution >= 4 is 11.3 Å². The number of pyridine rings is 1. The number of imidazole rings is 1. The number of nitrogens with one attached hydrogen (secondary N) is 1. The Kier molecular flexibility index (Phi) is 5.96. The van der Waals surface area contributed by atoms with E-state index >= 15 is 0 Å². The van der Waals surface area contributed by atoms with Gasteiger partial charge >= 0.3 is 5.69 Å². The normalized spacial score (nSPS) is 15.3. The van der Waals surface area contributed by atoms with Crippen LogP contribution < -0.4 is 10.1 Å². The number of hydrogen-bond acceptors (Lipinski definition) is 6. The molecule has 30 heavy (non-hydrogen) atoms. The Bertz CT molecular complexity index is 1050. The topological polar surface area (TPSA) is 84.9 Å². The quantitative estimate of drug-likeness (QED) is 0.496. The minimum atomic E-state index is -0.394. The summed E-state index contributed by atoms with van der Waals surface area (Å²) in [7, 11) is 0. The Morgan fingerprint density at radius 1 is 1.23 bits per heavy atom. The van der Waals surface area contributed by atoms with E-state index in [0.29, 0.717) is 6.61 Å². The SMILES string of the molecule is CCOc1ccc(-c2nc3ccc(C)cn3c2CN2CCCNCC2)cc1[N+](=O)[O-]. The molecule has 0 aliphatic carbocycles. The number of ether oxygens (including phenoxy) is 1. The van der Waals surface area contributed by atoms with Gasteiger partial charge in [0.25, 0.3) is 0 Å². The Balaban J connectivity index is 1.81. The number of rotatable bonds is 6. The van der Waals surface area contributed by atoms with E-state index in [9.17, 15) is 10.1 Å². The average Bonchev–Trinajstić information content (AvgIpc) is 2.89. The lowest BCUT2D eigenvalue weighted by molar-refractivity contribution is -0.385. The number of hydrogen-bond donors (Lipinski definition) is 1. The van der Waals surface area contributed by atoms with Crippen LogP contribution in [0.1, 0.15) is 24.6 Å². The summed E-state index contributed by atoms with van der Waals surface area (Å²) < 4.78 is 7.56. The molecule has 2 aromatic heterocycles. The summed E-state index contributed by atoms with van der Waals surface area (Å²) in [4.78, 5) is 18.5. The van der Waals surface area contributed by atoms with Crippen LogP contribution in [-0.4, -0.2) is 52.0 Å². The summed E-state index contributed by atoms with van der Waals surface area (Å²) in [5.74, 6) is 0.283. The van der Waals surface area contributed by atoms with Gasteiger partial charge in [-0.1, -0.05) is 6.07 Å². The molecule has 0 atom stereocenters. The molecule has 1 aliphatic heterocycles. The van der Waals surface area contributed by atoms with Gasteiger partial charge in [0.05, 0.1) is 22.9 Å². The van der Waals surface area contributed by atoms with Gasteiger partial charge in [-0.15, -0.1) is 0 Å². The zero-order valence-electron chi connectivity index (χ0n) is 17.4. The number of fused-ring (bicyclic) bond motifs is 1. The van der Waals surface area contributed by atoms with Gasteiger partial charge in [0.2, 0.25) is 0 Å². The molecule has 3 heterocycles. The van der Waals surface area contributed by atoms with Crippen LogP contribution >= 0.6 is 0 Å². The van der Waals surface area contributed by atoms with Crippen LogP contribution in [0.25, 0.3) is 16.9 Å². The maximum Gasteiger partial charge on any atom is 0.311 e. The van der Waals surface area contributed by atoms with Crippen LogP contribution in [0.3, 0.4) is 0 Å². The van der Waals surface area contributed by atoms with E-state index < -0.39 is 4.92 Å². The maximum atomic E-state index is 11.6. The molecule has 8 heteroatoms. The molecule has 1 aliphatic rings. The molecular formula is C22H27N5O3. The molecule has 0 amide bonds. The molecular weight excluding hydrogens is 382 g/mol. The lowest BCUT2D eigenvalue weighted by atomic mass is 10.1. The van der Waals surface area contributed by atoms with E-state index in [1.165, 1.54) is 0 Å². The fourth-order valence-corrected chi connectivity index (χ4v) is 3.94. The van der Waals surface area contributed by atoms with Crippen molar-refractivity contribution in [3.63, 3.8) is 0 Å². The number of aryl methyl sites for hydroxylation is 1. The van der Waals surface area contributed by atoms with Crippen LogP contribution in [0.15, 0.2) is 36.5 Å². The molecule has 8 nitrogen and oxygen atoms in total. The Labute approximate surface area is 175 Å². The van der Waals surface area contributed by atoms with Crippen molar-refractivity contribution in [2.45, 2.75) is 26.8 Å². The largest absolute Gasteiger partial charge is 0.487 e. The van der Waals surface area contributed by atoms with E-state index in [-0.39, 0.29) is 11.4 Å². The highest BCUT2D eigenvalue weighted by Gasteiger charge is 2.22. The van der Waals surface area contributed by atoms with Gasteiger partial charge < -0.3 is 14.5 Å². The lowest BCUT2D eigenvalue weighted by Crippen LogP contribution is -2.28. The lowest BCUT2D eigenvalue weighted by Gasteiger charge is -2.20. The molecule has 0 unspecified atom stereocenters. The minimum Gasteiger partial charge on any atom is -0.487 e. The molecule has 0 saturated carbocycles. The summed E-state index contributed by atoms with van der Waals surface area (Å²) in [6.45, 7) is 8.94. The van der Waals surface area contributed by atoms with Crippen molar-refractivity contribution in [2.75, 3.05) is 32.8 Å². The Morgan fingerprint density at radius 2 is 2.10 bits per heavy atom. The monoisotopic (exact) mass is 409 g/mol. The number of nitro groups is 1. The van der Waals surface area contributed by atoms with Crippen LogP contribution in [0.2, 0.25) is 0 Å². The number of aromatic nitrogens is 2. The molecule has 1 aromatic carbocycles. The Morgan fingerprint density at radius 3 is 2.90 bits per heavy atom. The van der Waals surface area contributed by atoms with Gasteiger partial charge in [0.1, 0.15) is 5.65 Å². The van der Waals surface area contributed by atoms with Crippen molar-refractivity contribution in [1.29, 1.82) is 0 Å². The van der Waals surface area contributed by atoms with Crippen molar-refractivity contribution < 1.29 is 9.66 Å². The second-order valence-corrected chi connectivity index (χ2v) is 7.59. The summed E-state index contributed by atoms with van der Waals surface area (Å²) in [5.41, 5.74) is 4.51. The summed E-state index contributed by atoms with van der Waals surface area (Å²) in [6.07, 6.45) is 3.18. The fourth-order valence-electron chi connectivity index (χ4n) is 3.94. The standard InChI is InChI=1S/C22H27N5O3/c1-3-30-20-7-6-17(13-18(20)27(28)29)22-19(15-25-11-4-9-23-10-12-25)26-14-16(2)5-8-21(26)24-22/h5-8,13-14,23H,3-4,9-12,15H2,1-2H3. The molecule has 4 rings (SSSR count). The van der Waals surface area contributed by atoms with Gasteiger partial charge in [0.15, 0.2) is 5.75 Å². The molecule has 0 bridgehead atoms. The average molecular weight is 409 g/mol. The second kappa shape index (κ2) is 8.81. The highest BCUT2D eigenvalue weighted by atomic mass is 16.6. The first-order valence-corrected chi connectivity index (χ1v) is 10.4. The van der Waals surface area contributed by atoms with Gasteiger partial charge in [-0.3, -0.25) is 15.0 Å². The van der Waals surface area contributed by atoms with Gasteiger partial charge in [-0.2, -0.15) is 0 Å². The van der Waals surface area contributed by atoms with E-state index in [4.69, 9.17) is 9.72 Å². The molecule has 3 aromatic rings. The van der Waals surface area contributed by atoms with Crippen LogP contribution in [0, 0.1) is 17.0 Å². The number of nitrogens with zero attached hydrogens (tertiary/aromatic N) is 4. The van der Waals surface area contributed by atoms with Crippen LogP contribution in [0.4, 0.5) is 5.69 Å². The van der Waals surface area contributed by atoms with E-state index in [1.807, 2.05) is 25.1 Å². The molecule has 0 radical (unpaired) electrons. The third kappa shape index (κ3) is 4.15. The van der Waals surface area contributed by atoms with E-state index in [2.05, 4.69) is 27.7 Å². The predicted octanol–water partition coefficient (Wildman–Crippen LogP) is 3.41. The predicted molar refractivity (Wildman–Crippen MR) is 116 cm³/mol. The number of benzene rings is 1. The first-order valence-electron chi connectivity index (χ1n) is 10.4. The van der Waals surface area contributed by atoms with Crippen molar-refractivity contribution in [3.8, 4) is 17.0 Å². The molecule has 1 saturated heterocycles. The smallest absolute Gasteiger partial charge is 0.311 e. The minimum absolute atomic E-state index is 0.0347. The first-order chi connectivity index (χ1) is 14.6. The highest BCUT2D eigenvalue weighted by molar-refractivity contribution is 5.71. The number of nitro benzene ring substituents is 1. The molecule has 1 N–H and O–H groups in total. The third-order valence-electron chi connectivity index (χ3n) is 5.40. The zero-order chi connectivity index (χ0) is 21.1. The molecule has 0 spiro atoms. The van der Waals surface area contributed by atoms with Crippen molar-refractivity contribution in [3.05, 3.63) is 57.9 Å². The second-order valence-electron chi connectivity index (χ2n) is 7.59. The molecule has 1 fully saturated rings. The van der Waals surface area contributed by atoms with Crippen LogP contribution in [-0.2, 0) is 6.54 Å². The molecule has 158 valence electrons. The van der Waals surface area contributed by atoms with E-state index in [1.54, 1.807) is 12.1 Å². The van der Waals surface area contributed by atoms with Crippen molar-refractivity contribution in [2.24, 2.45) is 0 Å². The maximum absolute atomic E-state index is 11.6. The van der Waals surface area contributed by atoms with Gasteiger partial charge in [-0.25, -0.2) is 4.98 Å². The first kappa shape index (κ1) is 20.3. The summed E-state index contributed by atoms with van der Waals surface area (Å²) >= 11 is 0. The van der Waals surface area contributed by atoms with Crippen molar-refractivity contribution in [1.82, 2.24) is 19.6 Å². The Hall–Kier alpha value is -2.97. The van der Waals surface area contributed by atoms with Crippen LogP contribution in [0.5, 0.6) is 5.75 Å². The van der Waals surface area contributed by atoms with Gasteiger partial charge in [0, 0.05) is 37.5 Å². The van der Waals surface area contributed by atoms with E-state index in [0.717, 1.165) is 67.3 Å².